The minimum atomic E-state index is -0.562. The average Bonchev–Trinajstić information content (AvgIpc) is 2.44. The molecule has 1 N–H and O–H groups in total. The van der Waals surface area contributed by atoms with Crippen LogP contribution in [0.4, 0.5) is 0 Å². The van der Waals surface area contributed by atoms with Gasteiger partial charge in [-0.2, -0.15) is 0 Å². The maximum atomic E-state index is 9.58. The van der Waals surface area contributed by atoms with E-state index in [1.165, 1.54) is 0 Å². The van der Waals surface area contributed by atoms with E-state index < -0.39 is 12.1 Å². The molecule has 2 rings (SSSR count). The summed E-state index contributed by atoms with van der Waals surface area (Å²) in [5.74, 6) is 0. The Hall–Kier alpha value is -1.51. The van der Waals surface area contributed by atoms with Crippen LogP contribution in [0, 0.1) is 0 Å². The van der Waals surface area contributed by atoms with Gasteiger partial charge >= 0.3 is 0 Å². The van der Waals surface area contributed by atoms with Gasteiger partial charge in [0.25, 0.3) is 0 Å². The van der Waals surface area contributed by atoms with E-state index in [0.717, 1.165) is 11.1 Å². The third-order valence-corrected chi connectivity index (χ3v) is 2.34. The van der Waals surface area contributed by atoms with E-state index in [-0.39, 0.29) is 0 Å². The highest BCUT2D eigenvalue weighted by Gasteiger charge is 2.29. The SMILES string of the molecule is [N-]=[N+]=N[C@H]1c2ccccc2C[C@@H]1O. The summed E-state index contributed by atoms with van der Waals surface area (Å²) in [6.07, 6.45) is 0.0214. The summed E-state index contributed by atoms with van der Waals surface area (Å²) in [7, 11) is 0. The van der Waals surface area contributed by atoms with Crippen LogP contribution in [-0.4, -0.2) is 11.2 Å². The maximum Gasteiger partial charge on any atom is 0.0890 e. The molecule has 4 heteroatoms. The van der Waals surface area contributed by atoms with Crippen LogP contribution in [-0.2, 0) is 6.42 Å². The topological polar surface area (TPSA) is 69.0 Å². The van der Waals surface area contributed by atoms with E-state index in [0.29, 0.717) is 6.42 Å². The van der Waals surface area contributed by atoms with Gasteiger partial charge in [0.2, 0.25) is 0 Å². The van der Waals surface area contributed by atoms with Crippen LogP contribution in [0.1, 0.15) is 17.2 Å². The number of aliphatic hydroxyl groups excluding tert-OH is 1. The summed E-state index contributed by atoms with van der Waals surface area (Å²) in [6, 6.07) is 7.25. The molecule has 0 aromatic heterocycles. The quantitative estimate of drug-likeness (QED) is 0.395. The number of nitrogens with zero attached hydrogens (tertiary/aromatic N) is 3. The van der Waals surface area contributed by atoms with Gasteiger partial charge in [0.15, 0.2) is 0 Å². The van der Waals surface area contributed by atoms with Gasteiger partial charge in [-0.15, -0.1) is 0 Å². The van der Waals surface area contributed by atoms with Crippen LogP contribution in [0.2, 0.25) is 0 Å². The molecule has 66 valence electrons. The van der Waals surface area contributed by atoms with Crippen molar-refractivity contribution in [2.75, 3.05) is 0 Å². The molecular formula is C9H9N3O. The van der Waals surface area contributed by atoms with E-state index in [1.54, 1.807) is 0 Å². The second-order valence-electron chi connectivity index (χ2n) is 3.12. The van der Waals surface area contributed by atoms with Gasteiger partial charge in [-0.25, -0.2) is 0 Å². The molecule has 0 aliphatic heterocycles. The fourth-order valence-electron chi connectivity index (χ4n) is 1.75. The zero-order valence-corrected chi connectivity index (χ0v) is 6.96. The summed E-state index contributed by atoms with van der Waals surface area (Å²) >= 11 is 0. The maximum absolute atomic E-state index is 9.58. The van der Waals surface area contributed by atoms with Gasteiger partial charge in [-0.3, -0.25) is 0 Å². The van der Waals surface area contributed by atoms with E-state index in [2.05, 4.69) is 10.0 Å². The van der Waals surface area contributed by atoms with Crippen molar-refractivity contribution >= 4 is 0 Å². The summed E-state index contributed by atoms with van der Waals surface area (Å²) < 4.78 is 0. The van der Waals surface area contributed by atoms with Crippen LogP contribution in [0.3, 0.4) is 0 Å². The molecule has 0 fully saturated rings. The Balaban J connectivity index is 2.46. The number of benzene rings is 1. The minimum Gasteiger partial charge on any atom is -0.392 e. The molecule has 1 aliphatic carbocycles. The Morgan fingerprint density at radius 2 is 2.23 bits per heavy atom. The Kier molecular flexibility index (Phi) is 1.93. The lowest BCUT2D eigenvalue weighted by atomic mass is 10.1. The summed E-state index contributed by atoms with van der Waals surface area (Å²) in [6.45, 7) is 0. The molecule has 0 heterocycles. The minimum absolute atomic E-state index is 0.402. The van der Waals surface area contributed by atoms with Crippen molar-refractivity contribution in [3.8, 4) is 0 Å². The second kappa shape index (κ2) is 3.09. The Morgan fingerprint density at radius 3 is 3.00 bits per heavy atom. The summed E-state index contributed by atoms with van der Waals surface area (Å²) in [5, 5.41) is 13.2. The van der Waals surface area contributed by atoms with Gasteiger partial charge in [0.05, 0.1) is 12.1 Å². The van der Waals surface area contributed by atoms with Crippen LogP contribution in [0.25, 0.3) is 10.4 Å². The van der Waals surface area contributed by atoms with Crippen LogP contribution < -0.4 is 0 Å². The standard InChI is InChI=1S/C9H9N3O/c10-12-11-9-7-4-2-1-3-6(7)5-8(9)13/h1-4,8-9,13H,5H2/t8-,9-/m0/s1. The highest BCUT2D eigenvalue weighted by molar-refractivity contribution is 5.36. The smallest absolute Gasteiger partial charge is 0.0890 e. The molecule has 13 heavy (non-hydrogen) atoms. The van der Waals surface area contributed by atoms with Crippen LogP contribution in [0.15, 0.2) is 29.4 Å². The van der Waals surface area contributed by atoms with Crippen LogP contribution >= 0.6 is 0 Å². The van der Waals surface area contributed by atoms with Gasteiger partial charge in [-0.1, -0.05) is 29.4 Å². The lowest BCUT2D eigenvalue weighted by molar-refractivity contribution is 0.158. The second-order valence-corrected chi connectivity index (χ2v) is 3.12. The fourth-order valence-corrected chi connectivity index (χ4v) is 1.75. The molecule has 1 aliphatic rings. The van der Waals surface area contributed by atoms with Crippen molar-refractivity contribution < 1.29 is 5.11 Å². The number of azide groups is 1. The van der Waals surface area contributed by atoms with E-state index in [4.69, 9.17) is 5.53 Å². The predicted octanol–water partition coefficient (Wildman–Crippen LogP) is 1.95. The molecule has 0 radical (unpaired) electrons. The van der Waals surface area contributed by atoms with Gasteiger partial charge in [0, 0.05) is 4.91 Å². The van der Waals surface area contributed by atoms with Crippen molar-refractivity contribution in [2.45, 2.75) is 18.6 Å². The number of aliphatic hydroxyl groups is 1. The normalized spacial score (nSPS) is 25.0. The highest BCUT2D eigenvalue weighted by atomic mass is 16.3. The monoisotopic (exact) mass is 175 g/mol. The number of hydrogen-bond acceptors (Lipinski definition) is 2. The van der Waals surface area contributed by atoms with E-state index >= 15 is 0 Å². The zero-order valence-electron chi connectivity index (χ0n) is 6.96. The Morgan fingerprint density at radius 1 is 1.46 bits per heavy atom. The molecule has 0 amide bonds. The lowest BCUT2D eigenvalue weighted by Crippen LogP contribution is -2.10. The first-order valence-electron chi connectivity index (χ1n) is 4.13. The third-order valence-electron chi connectivity index (χ3n) is 2.34. The predicted molar refractivity (Wildman–Crippen MR) is 48.0 cm³/mol. The lowest BCUT2D eigenvalue weighted by Gasteiger charge is -2.07. The van der Waals surface area contributed by atoms with Gasteiger partial charge < -0.3 is 5.11 Å². The van der Waals surface area contributed by atoms with Gasteiger partial charge in [0.1, 0.15) is 0 Å². The molecule has 4 nitrogen and oxygen atoms in total. The van der Waals surface area contributed by atoms with Crippen molar-refractivity contribution in [2.24, 2.45) is 5.11 Å². The molecule has 2 atom stereocenters. The molecule has 0 bridgehead atoms. The first-order chi connectivity index (χ1) is 6.33. The fraction of sp³-hybridized carbons (Fsp3) is 0.333. The van der Waals surface area contributed by atoms with Crippen molar-refractivity contribution in [3.05, 3.63) is 45.8 Å². The van der Waals surface area contributed by atoms with Crippen molar-refractivity contribution in [1.82, 2.24) is 0 Å². The number of rotatable bonds is 1. The molecular weight excluding hydrogens is 166 g/mol. The first kappa shape index (κ1) is 8.10. The first-order valence-corrected chi connectivity index (χ1v) is 4.13. The van der Waals surface area contributed by atoms with Gasteiger partial charge in [-0.05, 0) is 23.1 Å². The molecule has 0 saturated heterocycles. The summed E-state index contributed by atoms with van der Waals surface area (Å²) in [4.78, 5) is 2.73. The molecule has 1 aromatic rings. The third kappa shape index (κ3) is 1.26. The van der Waals surface area contributed by atoms with E-state index in [9.17, 15) is 5.11 Å². The largest absolute Gasteiger partial charge is 0.392 e. The van der Waals surface area contributed by atoms with Crippen LogP contribution in [0.5, 0.6) is 0 Å². The molecule has 0 spiro atoms. The van der Waals surface area contributed by atoms with Crippen molar-refractivity contribution in [1.29, 1.82) is 0 Å². The zero-order chi connectivity index (χ0) is 9.26. The number of hydrogen-bond donors (Lipinski definition) is 1. The van der Waals surface area contributed by atoms with Crippen molar-refractivity contribution in [3.63, 3.8) is 0 Å². The molecule has 0 saturated carbocycles. The molecule has 1 aromatic carbocycles. The van der Waals surface area contributed by atoms with E-state index in [1.807, 2.05) is 24.3 Å². The Labute approximate surface area is 75.4 Å². The summed E-state index contributed by atoms with van der Waals surface area (Å²) in [5.41, 5.74) is 10.3. The average molecular weight is 175 g/mol. The molecule has 0 unspecified atom stereocenters. The Bertz CT molecular complexity index is 371. The highest BCUT2D eigenvalue weighted by Crippen LogP contribution is 2.34. The number of fused-ring (bicyclic) bond motifs is 1.